The topological polar surface area (TPSA) is 62.1 Å². The van der Waals surface area contributed by atoms with Crippen molar-refractivity contribution in [3.63, 3.8) is 0 Å². The molecule has 0 aliphatic heterocycles. The van der Waals surface area contributed by atoms with E-state index in [1.165, 1.54) is 7.11 Å². The van der Waals surface area contributed by atoms with Gasteiger partial charge in [0, 0.05) is 7.11 Å². The Hall–Kier alpha value is -1.86. The molecule has 1 N–H and O–H groups in total. The van der Waals surface area contributed by atoms with Crippen molar-refractivity contribution in [3.05, 3.63) is 35.9 Å². The first-order valence-corrected chi connectivity index (χ1v) is 4.96. The van der Waals surface area contributed by atoms with Crippen LogP contribution in [-0.2, 0) is 9.53 Å². The Kier molecular flexibility index (Phi) is 4.49. The molecule has 2 atom stereocenters. The number of carbonyl (C=O) groups is 1. The Morgan fingerprint density at radius 1 is 1.44 bits per heavy atom. The third kappa shape index (κ3) is 3.07. The van der Waals surface area contributed by atoms with E-state index in [1.54, 1.807) is 6.92 Å². The number of carbonyl (C=O) groups excluding carboxylic acids is 1. The SMILES string of the molecule is COC(C(=O)NC(C)C#N)c1ccccc1. The molecule has 0 saturated carbocycles. The number of amides is 1. The highest BCUT2D eigenvalue weighted by Gasteiger charge is 2.20. The van der Waals surface area contributed by atoms with Gasteiger partial charge in [-0.1, -0.05) is 30.3 Å². The summed E-state index contributed by atoms with van der Waals surface area (Å²) < 4.78 is 5.12. The Labute approximate surface area is 94.8 Å². The van der Waals surface area contributed by atoms with Crippen molar-refractivity contribution in [2.75, 3.05) is 7.11 Å². The van der Waals surface area contributed by atoms with Crippen LogP contribution in [0, 0.1) is 11.3 Å². The van der Waals surface area contributed by atoms with Gasteiger partial charge in [-0.25, -0.2) is 0 Å². The number of benzene rings is 1. The monoisotopic (exact) mass is 218 g/mol. The molecule has 1 rings (SSSR count). The van der Waals surface area contributed by atoms with Crippen molar-refractivity contribution >= 4 is 5.91 Å². The maximum Gasteiger partial charge on any atom is 0.254 e. The van der Waals surface area contributed by atoms with Crippen LogP contribution in [0.5, 0.6) is 0 Å². The van der Waals surface area contributed by atoms with E-state index in [-0.39, 0.29) is 5.91 Å². The molecule has 1 aromatic rings. The molecular weight excluding hydrogens is 204 g/mol. The second-order valence-corrected chi connectivity index (χ2v) is 3.39. The zero-order valence-electron chi connectivity index (χ0n) is 9.31. The van der Waals surface area contributed by atoms with Gasteiger partial charge < -0.3 is 10.1 Å². The predicted molar refractivity (Wildman–Crippen MR) is 59.4 cm³/mol. The van der Waals surface area contributed by atoms with Gasteiger partial charge in [0.05, 0.1) is 6.07 Å². The maximum atomic E-state index is 11.8. The highest BCUT2D eigenvalue weighted by molar-refractivity contribution is 5.82. The van der Waals surface area contributed by atoms with Gasteiger partial charge in [-0.15, -0.1) is 0 Å². The lowest BCUT2D eigenvalue weighted by molar-refractivity contribution is -0.131. The zero-order chi connectivity index (χ0) is 12.0. The zero-order valence-corrected chi connectivity index (χ0v) is 9.31. The molecule has 0 heterocycles. The summed E-state index contributed by atoms with van der Waals surface area (Å²) in [6.07, 6.45) is -0.669. The summed E-state index contributed by atoms with van der Waals surface area (Å²) in [6.45, 7) is 1.62. The standard InChI is InChI=1S/C12H14N2O2/c1-9(8-13)14-12(15)11(16-2)10-6-4-3-5-7-10/h3-7,9,11H,1-2H3,(H,14,15). The molecule has 1 aromatic carbocycles. The minimum atomic E-state index is -0.669. The van der Waals surface area contributed by atoms with Crippen LogP contribution in [0.15, 0.2) is 30.3 Å². The molecule has 2 unspecified atom stereocenters. The molecule has 0 fully saturated rings. The number of nitrogens with one attached hydrogen (secondary N) is 1. The van der Waals surface area contributed by atoms with Crippen molar-refractivity contribution in [1.29, 1.82) is 5.26 Å². The van der Waals surface area contributed by atoms with E-state index in [1.807, 2.05) is 36.4 Å². The summed E-state index contributed by atoms with van der Waals surface area (Å²) in [6, 6.07) is 10.6. The fraction of sp³-hybridized carbons (Fsp3) is 0.333. The Morgan fingerprint density at radius 2 is 2.06 bits per heavy atom. The van der Waals surface area contributed by atoms with E-state index in [2.05, 4.69) is 5.32 Å². The molecule has 1 amide bonds. The first-order chi connectivity index (χ1) is 7.69. The molecule has 0 bridgehead atoms. The average molecular weight is 218 g/mol. The highest BCUT2D eigenvalue weighted by atomic mass is 16.5. The van der Waals surface area contributed by atoms with Crippen molar-refractivity contribution in [1.82, 2.24) is 5.32 Å². The summed E-state index contributed by atoms with van der Waals surface area (Å²) in [7, 11) is 1.47. The van der Waals surface area contributed by atoms with Gasteiger partial charge >= 0.3 is 0 Å². The highest BCUT2D eigenvalue weighted by Crippen LogP contribution is 2.16. The molecule has 0 radical (unpaired) electrons. The number of rotatable bonds is 4. The van der Waals surface area contributed by atoms with Crippen LogP contribution in [0.1, 0.15) is 18.6 Å². The van der Waals surface area contributed by atoms with E-state index in [4.69, 9.17) is 10.00 Å². The van der Waals surface area contributed by atoms with Crippen LogP contribution < -0.4 is 5.32 Å². The molecule has 4 nitrogen and oxygen atoms in total. The average Bonchev–Trinajstić information content (AvgIpc) is 2.31. The minimum Gasteiger partial charge on any atom is -0.367 e. The van der Waals surface area contributed by atoms with Crippen LogP contribution in [0.25, 0.3) is 0 Å². The molecule has 0 spiro atoms. The van der Waals surface area contributed by atoms with E-state index in [0.717, 1.165) is 5.56 Å². The van der Waals surface area contributed by atoms with Gasteiger partial charge in [0.25, 0.3) is 5.91 Å². The summed E-state index contributed by atoms with van der Waals surface area (Å²) in [5, 5.41) is 11.2. The minimum absolute atomic E-state index is 0.303. The van der Waals surface area contributed by atoms with E-state index in [9.17, 15) is 4.79 Å². The predicted octanol–water partition coefficient (Wildman–Crippen LogP) is 1.40. The Balaban J connectivity index is 2.76. The maximum absolute atomic E-state index is 11.8. The third-order valence-electron chi connectivity index (χ3n) is 2.13. The fourth-order valence-electron chi connectivity index (χ4n) is 1.34. The van der Waals surface area contributed by atoms with Gasteiger partial charge in [0.1, 0.15) is 6.04 Å². The van der Waals surface area contributed by atoms with Crippen molar-refractivity contribution in [2.24, 2.45) is 0 Å². The number of hydrogen-bond acceptors (Lipinski definition) is 3. The van der Waals surface area contributed by atoms with Crippen LogP contribution >= 0.6 is 0 Å². The summed E-state index contributed by atoms with van der Waals surface area (Å²) in [4.78, 5) is 11.8. The number of hydrogen-bond donors (Lipinski definition) is 1. The molecule has 0 aliphatic carbocycles. The molecule has 0 aromatic heterocycles. The Morgan fingerprint density at radius 3 is 2.56 bits per heavy atom. The second kappa shape index (κ2) is 5.89. The molecular formula is C12H14N2O2. The van der Waals surface area contributed by atoms with Crippen LogP contribution in [-0.4, -0.2) is 19.1 Å². The Bertz CT molecular complexity index is 384. The molecule has 84 valence electrons. The molecule has 0 saturated heterocycles. The number of nitriles is 1. The summed E-state index contributed by atoms with van der Waals surface area (Å²) in [5.41, 5.74) is 0.771. The lowest BCUT2D eigenvalue weighted by atomic mass is 10.1. The van der Waals surface area contributed by atoms with E-state index in [0.29, 0.717) is 0 Å². The first kappa shape index (κ1) is 12.2. The van der Waals surface area contributed by atoms with Crippen LogP contribution in [0.2, 0.25) is 0 Å². The number of ether oxygens (including phenoxy) is 1. The van der Waals surface area contributed by atoms with Gasteiger partial charge in [-0.05, 0) is 12.5 Å². The third-order valence-corrected chi connectivity index (χ3v) is 2.13. The smallest absolute Gasteiger partial charge is 0.254 e. The normalized spacial score (nSPS) is 13.6. The van der Waals surface area contributed by atoms with E-state index >= 15 is 0 Å². The van der Waals surface area contributed by atoms with Crippen LogP contribution in [0.4, 0.5) is 0 Å². The molecule has 4 heteroatoms. The number of methoxy groups -OCH3 is 1. The fourth-order valence-corrected chi connectivity index (χ4v) is 1.34. The van der Waals surface area contributed by atoms with Crippen LogP contribution in [0.3, 0.4) is 0 Å². The van der Waals surface area contributed by atoms with Crippen molar-refractivity contribution < 1.29 is 9.53 Å². The van der Waals surface area contributed by atoms with E-state index < -0.39 is 12.1 Å². The number of nitrogens with zero attached hydrogens (tertiary/aromatic N) is 1. The van der Waals surface area contributed by atoms with Gasteiger partial charge in [0.2, 0.25) is 0 Å². The summed E-state index contributed by atoms with van der Waals surface area (Å²) >= 11 is 0. The van der Waals surface area contributed by atoms with Gasteiger partial charge in [-0.2, -0.15) is 5.26 Å². The molecule has 16 heavy (non-hydrogen) atoms. The van der Waals surface area contributed by atoms with Crippen molar-refractivity contribution in [2.45, 2.75) is 19.1 Å². The molecule has 0 aliphatic rings. The lowest BCUT2D eigenvalue weighted by Gasteiger charge is -2.16. The van der Waals surface area contributed by atoms with Gasteiger partial charge in [-0.3, -0.25) is 4.79 Å². The van der Waals surface area contributed by atoms with Gasteiger partial charge in [0.15, 0.2) is 6.10 Å². The second-order valence-electron chi connectivity index (χ2n) is 3.39. The first-order valence-electron chi connectivity index (χ1n) is 4.96. The summed E-state index contributed by atoms with van der Waals surface area (Å²) in [5.74, 6) is -0.303. The van der Waals surface area contributed by atoms with Crippen molar-refractivity contribution in [3.8, 4) is 6.07 Å². The quantitative estimate of drug-likeness (QED) is 0.831. The lowest BCUT2D eigenvalue weighted by Crippen LogP contribution is -2.36. The largest absolute Gasteiger partial charge is 0.367 e.